The lowest BCUT2D eigenvalue weighted by atomic mass is 9.95. The number of aryl methyl sites for hydroxylation is 1. The number of halogens is 3. The number of likely N-dealkylation sites (tertiary alicyclic amines) is 1. The summed E-state index contributed by atoms with van der Waals surface area (Å²) in [6.45, 7) is 5.46. The van der Waals surface area contributed by atoms with Gasteiger partial charge in [0.15, 0.2) is 5.69 Å². The third kappa shape index (κ3) is 3.46. The number of alkyl halides is 3. The van der Waals surface area contributed by atoms with Crippen LogP contribution in [0.4, 0.5) is 13.2 Å². The van der Waals surface area contributed by atoms with Gasteiger partial charge in [-0.25, -0.2) is 4.98 Å². The van der Waals surface area contributed by atoms with E-state index < -0.39 is 11.9 Å². The standard InChI is InChI=1S/C12H18F3N3S/c1-7-5-18(4-3-9(7)16)6-10-11(12(13,14)15)17-8(2)19-10/h7,9H,3-6,16H2,1-2H3. The molecule has 0 aliphatic carbocycles. The molecule has 0 radical (unpaired) electrons. The highest BCUT2D eigenvalue weighted by atomic mass is 32.1. The lowest BCUT2D eigenvalue weighted by Gasteiger charge is -2.34. The first-order chi connectivity index (χ1) is 8.77. The van der Waals surface area contributed by atoms with Gasteiger partial charge in [-0.1, -0.05) is 6.92 Å². The third-order valence-corrected chi connectivity index (χ3v) is 4.45. The fourth-order valence-electron chi connectivity index (χ4n) is 2.39. The summed E-state index contributed by atoms with van der Waals surface area (Å²) in [5, 5.41) is 0.462. The molecule has 19 heavy (non-hydrogen) atoms. The molecule has 1 aromatic rings. The van der Waals surface area contributed by atoms with Crippen molar-refractivity contribution in [1.29, 1.82) is 0 Å². The summed E-state index contributed by atoms with van der Waals surface area (Å²) in [6, 6.07) is 0.154. The van der Waals surface area contributed by atoms with Crippen LogP contribution in [0.2, 0.25) is 0 Å². The first-order valence-corrected chi connectivity index (χ1v) is 7.10. The first-order valence-electron chi connectivity index (χ1n) is 6.29. The van der Waals surface area contributed by atoms with Gasteiger partial charge in [0.2, 0.25) is 0 Å². The zero-order valence-electron chi connectivity index (χ0n) is 11.0. The fraction of sp³-hybridized carbons (Fsp3) is 0.750. The molecule has 1 aromatic heterocycles. The molecule has 2 N–H and O–H groups in total. The van der Waals surface area contributed by atoms with Crippen LogP contribution in [0.15, 0.2) is 0 Å². The number of rotatable bonds is 2. The van der Waals surface area contributed by atoms with E-state index in [-0.39, 0.29) is 6.04 Å². The Morgan fingerprint density at radius 3 is 2.74 bits per heavy atom. The first kappa shape index (κ1) is 14.7. The van der Waals surface area contributed by atoms with E-state index in [1.807, 2.05) is 11.8 Å². The molecular weight excluding hydrogens is 275 g/mol. The smallest absolute Gasteiger partial charge is 0.327 e. The average molecular weight is 293 g/mol. The molecule has 2 heterocycles. The molecule has 2 atom stereocenters. The summed E-state index contributed by atoms with van der Waals surface area (Å²) in [4.78, 5) is 5.97. The van der Waals surface area contributed by atoms with Crippen molar-refractivity contribution in [2.45, 2.75) is 39.0 Å². The van der Waals surface area contributed by atoms with E-state index in [0.717, 1.165) is 30.8 Å². The number of piperidine rings is 1. The molecule has 108 valence electrons. The number of nitrogens with two attached hydrogens (primary N) is 1. The summed E-state index contributed by atoms with van der Waals surface area (Å²) in [7, 11) is 0. The monoisotopic (exact) mass is 293 g/mol. The van der Waals surface area contributed by atoms with Crippen LogP contribution >= 0.6 is 11.3 Å². The van der Waals surface area contributed by atoms with E-state index >= 15 is 0 Å². The summed E-state index contributed by atoms with van der Waals surface area (Å²) in [5.74, 6) is 0.317. The zero-order valence-corrected chi connectivity index (χ0v) is 11.8. The van der Waals surface area contributed by atoms with Gasteiger partial charge >= 0.3 is 6.18 Å². The molecule has 2 rings (SSSR count). The van der Waals surface area contributed by atoms with Gasteiger partial charge in [0.1, 0.15) is 0 Å². The molecule has 0 aromatic carbocycles. The van der Waals surface area contributed by atoms with Gasteiger partial charge in [0.05, 0.1) is 9.88 Å². The van der Waals surface area contributed by atoms with Gasteiger partial charge in [-0.2, -0.15) is 13.2 Å². The molecule has 0 spiro atoms. The molecule has 3 nitrogen and oxygen atoms in total. The van der Waals surface area contributed by atoms with Crippen molar-refractivity contribution in [3.8, 4) is 0 Å². The highest BCUT2D eigenvalue weighted by Crippen LogP contribution is 2.35. The second-order valence-corrected chi connectivity index (χ2v) is 6.46. The quantitative estimate of drug-likeness (QED) is 0.911. The minimum absolute atomic E-state index is 0.154. The lowest BCUT2D eigenvalue weighted by Crippen LogP contribution is -2.45. The van der Waals surface area contributed by atoms with Gasteiger partial charge < -0.3 is 5.73 Å². The van der Waals surface area contributed by atoms with Crippen molar-refractivity contribution in [3.05, 3.63) is 15.6 Å². The Morgan fingerprint density at radius 1 is 1.47 bits per heavy atom. The topological polar surface area (TPSA) is 42.2 Å². The largest absolute Gasteiger partial charge is 0.434 e. The van der Waals surface area contributed by atoms with E-state index in [0.29, 0.717) is 22.3 Å². The Balaban J connectivity index is 2.11. The Hall–Kier alpha value is -0.660. The number of hydrogen-bond donors (Lipinski definition) is 1. The van der Waals surface area contributed by atoms with Crippen molar-refractivity contribution in [3.63, 3.8) is 0 Å². The zero-order chi connectivity index (χ0) is 14.2. The van der Waals surface area contributed by atoms with E-state index in [2.05, 4.69) is 4.98 Å². The maximum Gasteiger partial charge on any atom is 0.434 e. The van der Waals surface area contributed by atoms with E-state index in [9.17, 15) is 13.2 Å². The number of nitrogens with zero attached hydrogens (tertiary/aromatic N) is 2. The summed E-state index contributed by atoms with van der Waals surface area (Å²) in [5.41, 5.74) is 5.20. The molecule has 1 saturated heterocycles. The predicted octanol–water partition coefficient (Wildman–Crippen LogP) is 2.64. The van der Waals surface area contributed by atoms with E-state index in [1.165, 1.54) is 0 Å². The molecule has 0 amide bonds. The van der Waals surface area contributed by atoms with Crippen LogP contribution in [0.3, 0.4) is 0 Å². The highest BCUT2D eigenvalue weighted by molar-refractivity contribution is 7.11. The number of aromatic nitrogens is 1. The molecule has 1 aliphatic heterocycles. The summed E-state index contributed by atoms with van der Waals surface area (Å²) >= 11 is 1.13. The molecule has 0 saturated carbocycles. The van der Waals surface area contributed by atoms with Crippen LogP contribution in [0, 0.1) is 12.8 Å². The predicted molar refractivity (Wildman–Crippen MR) is 68.9 cm³/mol. The average Bonchev–Trinajstić information content (AvgIpc) is 2.65. The van der Waals surface area contributed by atoms with Crippen LogP contribution in [0.1, 0.15) is 28.9 Å². The Kier molecular flexibility index (Phi) is 4.17. The fourth-order valence-corrected chi connectivity index (χ4v) is 3.39. The molecule has 1 fully saturated rings. The van der Waals surface area contributed by atoms with Crippen LogP contribution < -0.4 is 5.73 Å². The van der Waals surface area contributed by atoms with Crippen molar-refractivity contribution in [2.75, 3.05) is 13.1 Å². The van der Waals surface area contributed by atoms with Crippen LogP contribution in [0.25, 0.3) is 0 Å². The van der Waals surface area contributed by atoms with Crippen LogP contribution in [-0.2, 0) is 12.7 Å². The Bertz CT molecular complexity index is 444. The second-order valence-electron chi connectivity index (χ2n) is 5.17. The lowest BCUT2D eigenvalue weighted by molar-refractivity contribution is -0.141. The van der Waals surface area contributed by atoms with Crippen LogP contribution in [-0.4, -0.2) is 29.0 Å². The maximum atomic E-state index is 12.9. The van der Waals surface area contributed by atoms with Crippen molar-refractivity contribution in [2.24, 2.45) is 11.7 Å². The second kappa shape index (κ2) is 5.38. The number of thiazole rings is 1. The molecule has 0 bridgehead atoms. The van der Waals surface area contributed by atoms with E-state index in [4.69, 9.17) is 5.73 Å². The van der Waals surface area contributed by atoms with Gasteiger partial charge in [-0.3, -0.25) is 4.90 Å². The Morgan fingerprint density at radius 2 is 2.16 bits per heavy atom. The maximum absolute atomic E-state index is 12.9. The normalized spacial score (nSPS) is 25.8. The minimum atomic E-state index is -4.36. The summed E-state index contributed by atoms with van der Waals surface area (Å²) in [6.07, 6.45) is -3.53. The SMILES string of the molecule is Cc1nc(C(F)(F)F)c(CN2CCC(N)C(C)C2)s1. The van der Waals surface area contributed by atoms with Gasteiger partial charge in [-0.05, 0) is 19.3 Å². The molecule has 2 unspecified atom stereocenters. The molecule has 7 heteroatoms. The van der Waals surface area contributed by atoms with Crippen molar-refractivity contribution >= 4 is 11.3 Å². The summed E-state index contributed by atoms with van der Waals surface area (Å²) < 4.78 is 38.6. The molecular formula is C12H18F3N3S. The highest BCUT2D eigenvalue weighted by Gasteiger charge is 2.37. The molecule has 1 aliphatic rings. The Labute approximate surface area is 114 Å². The van der Waals surface area contributed by atoms with Gasteiger partial charge in [-0.15, -0.1) is 11.3 Å². The van der Waals surface area contributed by atoms with E-state index in [1.54, 1.807) is 6.92 Å². The van der Waals surface area contributed by atoms with Gasteiger partial charge in [0.25, 0.3) is 0 Å². The van der Waals surface area contributed by atoms with Gasteiger partial charge in [0, 0.05) is 25.7 Å². The van der Waals surface area contributed by atoms with Crippen molar-refractivity contribution in [1.82, 2.24) is 9.88 Å². The third-order valence-electron chi connectivity index (χ3n) is 3.50. The van der Waals surface area contributed by atoms with Crippen LogP contribution in [0.5, 0.6) is 0 Å². The van der Waals surface area contributed by atoms with Crippen molar-refractivity contribution < 1.29 is 13.2 Å². The minimum Gasteiger partial charge on any atom is -0.327 e. The number of hydrogen-bond acceptors (Lipinski definition) is 4.